The van der Waals surface area contributed by atoms with Gasteiger partial charge in [-0.1, -0.05) is 41.6 Å². The predicted molar refractivity (Wildman–Crippen MR) is 98.8 cm³/mol. The topological polar surface area (TPSA) is 96.2 Å². The van der Waals surface area contributed by atoms with Crippen LogP contribution >= 0.6 is 11.8 Å². The number of thioether (sulfide) groups is 1. The highest BCUT2D eigenvalue weighted by atomic mass is 32.2. The summed E-state index contributed by atoms with van der Waals surface area (Å²) in [6, 6.07) is 11.1. The van der Waals surface area contributed by atoms with E-state index in [-0.39, 0.29) is 11.3 Å². The predicted octanol–water partition coefficient (Wildman–Crippen LogP) is 3.56. The van der Waals surface area contributed by atoms with Gasteiger partial charge in [0.15, 0.2) is 5.16 Å². The van der Waals surface area contributed by atoms with Gasteiger partial charge in [0.25, 0.3) is 5.56 Å². The van der Waals surface area contributed by atoms with Gasteiger partial charge in [-0.3, -0.25) is 4.79 Å². The molecule has 0 spiro atoms. The molecule has 0 unspecified atom stereocenters. The molecule has 134 valence electrons. The lowest BCUT2D eigenvalue weighted by Gasteiger charge is -2.07. The van der Waals surface area contributed by atoms with Crippen molar-refractivity contribution in [3.8, 4) is 0 Å². The molecule has 0 aliphatic carbocycles. The highest BCUT2D eigenvalue weighted by Gasteiger charge is 2.12. The standard InChI is InChI=1S/C19H18N2O4S/c1-11-3-5-13(6-4-11)9-15-12(2)20-19(21-17(15)22)26-10-14-7-8-16(25-14)18(23)24/h3-8H,9-10H2,1-2H3,(H,23,24)(H,20,21,22). The van der Waals surface area contributed by atoms with E-state index in [1.165, 1.54) is 23.4 Å². The van der Waals surface area contributed by atoms with E-state index in [2.05, 4.69) is 9.97 Å². The van der Waals surface area contributed by atoms with Crippen molar-refractivity contribution in [2.45, 2.75) is 31.2 Å². The van der Waals surface area contributed by atoms with Crippen molar-refractivity contribution in [3.63, 3.8) is 0 Å². The first kappa shape index (κ1) is 18.0. The number of benzene rings is 1. The summed E-state index contributed by atoms with van der Waals surface area (Å²) in [5, 5.41) is 9.34. The van der Waals surface area contributed by atoms with E-state index >= 15 is 0 Å². The molecule has 1 aromatic carbocycles. The number of aromatic nitrogens is 2. The van der Waals surface area contributed by atoms with E-state index < -0.39 is 5.97 Å². The molecule has 3 aromatic rings. The number of H-pyrrole nitrogens is 1. The van der Waals surface area contributed by atoms with Crippen LogP contribution in [0.25, 0.3) is 0 Å². The molecule has 0 aliphatic rings. The first-order chi connectivity index (χ1) is 12.4. The molecule has 26 heavy (non-hydrogen) atoms. The molecule has 0 saturated heterocycles. The number of nitrogens with zero attached hydrogens (tertiary/aromatic N) is 1. The van der Waals surface area contributed by atoms with Gasteiger partial charge >= 0.3 is 5.97 Å². The number of carboxylic acids is 1. The zero-order valence-electron chi connectivity index (χ0n) is 14.4. The average molecular weight is 370 g/mol. The fraction of sp³-hybridized carbons (Fsp3) is 0.211. The smallest absolute Gasteiger partial charge is 0.371 e. The largest absolute Gasteiger partial charge is 0.475 e. The Balaban J connectivity index is 1.72. The summed E-state index contributed by atoms with van der Waals surface area (Å²) in [5.74, 6) is -0.320. The zero-order chi connectivity index (χ0) is 18.7. The number of carboxylic acid groups (broad SMARTS) is 1. The fourth-order valence-electron chi connectivity index (χ4n) is 2.48. The summed E-state index contributed by atoms with van der Waals surface area (Å²) >= 11 is 1.29. The molecule has 0 saturated carbocycles. The van der Waals surface area contributed by atoms with Crippen LogP contribution in [-0.2, 0) is 12.2 Å². The molecule has 0 bridgehead atoms. The number of aryl methyl sites for hydroxylation is 2. The lowest BCUT2D eigenvalue weighted by atomic mass is 10.0. The molecule has 2 aromatic heterocycles. The quantitative estimate of drug-likeness (QED) is 0.509. The molecular weight excluding hydrogens is 352 g/mol. The molecule has 3 rings (SSSR count). The molecular formula is C19H18N2O4S. The maximum atomic E-state index is 12.4. The van der Waals surface area contributed by atoms with Gasteiger partial charge in [-0.15, -0.1) is 0 Å². The zero-order valence-corrected chi connectivity index (χ0v) is 15.2. The van der Waals surface area contributed by atoms with Gasteiger partial charge in [0.1, 0.15) is 5.76 Å². The Morgan fingerprint density at radius 2 is 1.92 bits per heavy atom. The number of hydrogen-bond acceptors (Lipinski definition) is 5. The normalized spacial score (nSPS) is 10.8. The molecule has 2 N–H and O–H groups in total. The number of nitrogens with one attached hydrogen (secondary N) is 1. The maximum absolute atomic E-state index is 12.4. The van der Waals surface area contributed by atoms with Crippen LogP contribution < -0.4 is 5.56 Å². The second-order valence-electron chi connectivity index (χ2n) is 5.96. The maximum Gasteiger partial charge on any atom is 0.371 e. The molecule has 0 amide bonds. The second kappa shape index (κ2) is 7.61. The van der Waals surface area contributed by atoms with Gasteiger partial charge in [0.2, 0.25) is 5.76 Å². The summed E-state index contributed by atoms with van der Waals surface area (Å²) in [5.41, 5.74) is 3.40. The average Bonchev–Trinajstić information content (AvgIpc) is 3.07. The van der Waals surface area contributed by atoms with Crippen LogP contribution in [0.2, 0.25) is 0 Å². The van der Waals surface area contributed by atoms with E-state index in [1.54, 1.807) is 6.07 Å². The van der Waals surface area contributed by atoms with Crippen LogP contribution in [0.15, 0.2) is 50.8 Å². The summed E-state index contributed by atoms with van der Waals surface area (Å²) in [6.45, 7) is 3.84. The van der Waals surface area contributed by atoms with Gasteiger partial charge in [-0.25, -0.2) is 9.78 Å². The van der Waals surface area contributed by atoms with E-state index in [4.69, 9.17) is 9.52 Å². The number of carbonyl (C=O) groups is 1. The van der Waals surface area contributed by atoms with Crippen molar-refractivity contribution >= 4 is 17.7 Å². The number of aromatic amines is 1. The van der Waals surface area contributed by atoms with Crippen LogP contribution in [-0.4, -0.2) is 21.0 Å². The van der Waals surface area contributed by atoms with Crippen molar-refractivity contribution < 1.29 is 14.3 Å². The van der Waals surface area contributed by atoms with Gasteiger partial charge in [-0.2, -0.15) is 0 Å². The Morgan fingerprint density at radius 3 is 2.54 bits per heavy atom. The molecule has 2 heterocycles. The van der Waals surface area contributed by atoms with Crippen LogP contribution in [0.1, 0.15) is 38.7 Å². The third-order valence-electron chi connectivity index (χ3n) is 3.93. The van der Waals surface area contributed by atoms with E-state index in [1.807, 2.05) is 38.1 Å². The first-order valence-electron chi connectivity index (χ1n) is 8.02. The van der Waals surface area contributed by atoms with Crippen molar-refractivity contribution in [1.82, 2.24) is 9.97 Å². The van der Waals surface area contributed by atoms with Crippen molar-refractivity contribution in [2.24, 2.45) is 0 Å². The number of rotatable bonds is 6. The molecule has 7 heteroatoms. The highest BCUT2D eigenvalue weighted by molar-refractivity contribution is 7.98. The van der Waals surface area contributed by atoms with Gasteiger partial charge < -0.3 is 14.5 Å². The van der Waals surface area contributed by atoms with Crippen LogP contribution in [0.4, 0.5) is 0 Å². The number of hydrogen-bond donors (Lipinski definition) is 2. The Hall–Kier alpha value is -2.80. The molecule has 0 radical (unpaired) electrons. The minimum Gasteiger partial charge on any atom is -0.475 e. The Morgan fingerprint density at radius 1 is 1.19 bits per heavy atom. The Bertz CT molecular complexity index is 990. The number of furan rings is 1. The monoisotopic (exact) mass is 370 g/mol. The van der Waals surface area contributed by atoms with E-state index in [0.717, 1.165) is 5.56 Å². The van der Waals surface area contributed by atoms with Crippen LogP contribution in [0, 0.1) is 13.8 Å². The Labute approximate surface area is 154 Å². The minimum atomic E-state index is -1.11. The SMILES string of the molecule is Cc1ccc(Cc2c(C)nc(SCc3ccc(C(=O)O)o3)[nH]c2=O)cc1. The molecule has 6 nitrogen and oxygen atoms in total. The third kappa shape index (κ3) is 4.23. The second-order valence-corrected chi connectivity index (χ2v) is 6.92. The van der Waals surface area contributed by atoms with Gasteiger partial charge in [-0.05, 0) is 31.5 Å². The van der Waals surface area contributed by atoms with Crippen LogP contribution in [0.3, 0.4) is 0 Å². The van der Waals surface area contributed by atoms with Crippen molar-refractivity contribution in [1.29, 1.82) is 0 Å². The van der Waals surface area contributed by atoms with Crippen molar-refractivity contribution in [2.75, 3.05) is 0 Å². The summed E-state index contributed by atoms with van der Waals surface area (Å²) in [6.07, 6.45) is 0.527. The van der Waals surface area contributed by atoms with Crippen molar-refractivity contribution in [3.05, 3.63) is 80.7 Å². The molecule has 0 fully saturated rings. The summed E-state index contributed by atoms with van der Waals surface area (Å²) in [7, 11) is 0. The van der Waals surface area contributed by atoms with Gasteiger partial charge in [0, 0.05) is 17.7 Å². The fourth-order valence-corrected chi connectivity index (χ4v) is 3.28. The number of aromatic carboxylic acids is 1. The van der Waals surface area contributed by atoms with E-state index in [9.17, 15) is 9.59 Å². The van der Waals surface area contributed by atoms with Crippen LogP contribution in [0.5, 0.6) is 0 Å². The lowest BCUT2D eigenvalue weighted by Crippen LogP contribution is -2.17. The van der Waals surface area contributed by atoms with E-state index in [0.29, 0.717) is 34.3 Å². The first-order valence-corrected chi connectivity index (χ1v) is 9.01. The van der Waals surface area contributed by atoms with Gasteiger partial charge in [0.05, 0.1) is 5.75 Å². The lowest BCUT2D eigenvalue weighted by molar-refractivity contribution is 0.0661. The summed E-state index contributed by atoms with van der Waals surface area (Å²) in [4.78, 5) is 30.5. The minimum absolute atomic E-state index is 0.105. The highest BCUT2D eigenvalue weighted by Crippen LogP contribution is 2.21. The molecule has 0 aliphatic heterocycles. The molecule has 0 atom stereocenters. The third-order valence-corrected chi connectivity index (χ3v) is 4.82. The Kier molecular flexibility index (Phi) is 5.27. The summed E-state index contributed by atoms with van der Waals surface area (Å²) < 4.78 is 5.20.